The molecule has 0 radical (unpaired) electrons. The van der Waals surface area contributed by atoms with Gasteiger partial charge < -0.3 is 14.6 Å². The van der Waals surface area contributed by atoms with Gasteiger partial charge in [0.05, 0.1) is 6.61 Å². The van der Waals surface area contributed by atoms with Gasteiger partial charge in [-0.2, -0.15) is 0 Å². The van der Waals surface area contributed by atoms with E-state index in [1.165, 1.54) is 6.08 Å². The second-order valence-corrected chi connectivity index (χ2v) is 6.67. The van der Waals surface area contributed by atoms with E-state index in [-0.39, 0.29) is 11.5 Å². The van der Waals surface area contributed by atoms with Crippen LogP contribution in [0.4, 0.5) is 0 Å². The fourth-order valence-electron chi connectivity index (χ4n) is 2.69. The summed E-state index contributed by atoms with van der Waals surface area (Å²) in [6.07, 6.45) is 2.79. The third-order valence-corrected chi connectivity index (χ3v) is 4.60. The molecule has 0 fully saturated rings. The molecule has 0 aromatic rings. The SMILES string of the molecule is CC=C(C)C(=O)OC1C=C(CO)C(=O)C(OC(=O)C(C)=CC)C1C(C)C. The van der Waals surface area contributed by atoms with E-state index in [9.17, 15) is 19.5 Å². The van der Waals surface area contributed by atoms with Crippen LogP contribution in [0.5, 0.6) is 0 Å². The average molecular weight is 364 g/mol. The first-order valence-corrected chi connectivity index (χ1v) is 8.71. The zero-order valence-corrected chi connectivity index (χ0v) is 16.2. The topological polar surface area (TPSA) is 89.9 Å². The number of ether oxygens (including phenoxy) is 2. The lowest BCUT2D eigenvalue weighted by Gasteiger charge is -2.37. The van der Waals surface area contributed by atoms with E-state index in [2.05, 4.69) is 0 Å². The van der Waals surface area contributed by atoms with Crippen LogP contribution >= 0.6 is 0 Å². The first kappa shape index (κ1) is 21.8. The molecule has 0 aromatic heterocycles. The van der Waals surface area contributed by atoms with Crippen LogP contribution in [0, 0.1) is 11.8 Å². The van der Waals surface area contributed by atoms with E-state index in [0.717, 1.165) is 0 Å². The van der Waals surface area contributed by atoms with Crippen molar-refractivity contribution in [2.75, 3.05) is 6.61 Å². The number of carbonyl (C=O) groups excluding carboxylic acids is 3. The van der Waals surface area contributed by atoms with Crippen LogP contribution in [0.1, 0.15) is 41.5 Å². The molecule has 1 aliphatic carbocycles. The number of aliphatic hydroxyl groups is 1. The molecule has 0 aliphatic heterocycles. The van der Waals surface area contributed by atoms with Crippen LogP contribution in [0.3, 0.4) is 0 Å². The van der Waals surface area contributed by atoms with Gasteiger partial charge in [-0.1, -0.05) is 26.0 Å². The highest BCUT2D eigenvalue weighted by atomic mass is 16.6. The first-order chi connectivity index (χ1) is 12.2. The van der Waals surface area contributed by atoms with Crippen LogP contribution in [0.15, 0.2) is 34.9 Å². The van der Waals surface area contributed by atoms with Crippen molar-refractivity contribution in [1.29, 1.82) is 0 Å². The van der Waals surface area contributed by atoms with Gasteiger partial charge in [0.1, 0.15) is 6.10 Å². The second kappa shape index (κ2) is 9.48. The lowest BCUT2D eigenvalue weighted by molar-refractivity contribution is -0.163. The van der Waals surface area contributed by atoms with Crippen molar-refractivity contribution in [3.05, 3.63) is 34.9 Å². The molecule has 6 heteroatoms. The van der Waals surface area contributed by atoms with E-state index in [1.807, 2.05) is 13.8 Å². The van der Waals surface area contributed by atoms with Crippen molar-refractivity contribution in [3.8, 4) is 0 Å². The fraction of sp³-hybridized carbons (Fsp3) is 0.550. The van der Waals surface area contributed by atoms with Crippen LogP contribution in [0.2, 0.25) is 0 Å². The van der Waals surface area contributed by atoms with Crippen LogP contribution in [0.25, 0.3) is 0 Å². The van der Waals surface area contributed by atoms with Gasteiger partial charge in [0.15, 0.2) is 6.10 Å². The number of aliphatic hydroxyl groups excluding tert-OH is 1. The van der Waals surface area contributed by atoms with Crippen LogP contribution in [-0.4, -0.2) is 41.6 Å². The Labute approximate surface area is 154 Å². The normalized spacial score (nSPS) is 24.4. The van der Waals surface area contributed by atoms with Crippen molar-refractivity contribution < 1.29 is 29.0 Å². The van der Waals surface area contributed by atoms with E-state index < -0.39 is 42.5 Å². The van der Waals surface area contributed by atoms with Gasteiger partial charge in [0.25, 0.3) is 0 Å². The maximum atomic E-state index is 12.7. The van der Waals surface area contributed by atoms with Crippen molar-refractivity contribution >= 4 is 17.7 Å². The Balaban J connectivity index is 3.27. The van der Waals surface area contributed by atoms with Gasteiger partial charge in [0, 0.05) is 22.6 Å². The number of rotatable bonds is 6. The average Bonchev–Trinajstić information content (AvgIpc) is 2.61. The number of carbonyl (C=O) groups is 3. The summed E-state index contributed by atoms with van der Waals surface area (Å²) in [5.41, 5.74) is 0.883. The predicted molar refractivity (Wildman–Crippen MR) is 97.1 cm³/mol. The van der Waals surface area contributed by atoms with Gasteiger partial charge >= 0.3 is 11.9 Å². The quantitative estimate of drug-likeness (QED) is 0.575. The summed E-state index contributed by atoms with van der Waals surface area (Å²) < 4.78 is 11.0. The summed E-state index contributed by atoms with van der Waals surface area (Å²) >= 11 is 0. The standard InChI is InChI=1S/C20H28O6/c1-7-12(5)19(23)25-15-9-14(10-21)17(22)18(16(15)11(3)4)26-20(24)13(6)8-2/h7-9,11,15-16,18,21H,10H2,1-6H3. The molecule has 0 spiro atoms. The Bertz CT molecular complexity index is 653. The highest BCUT2D eigenvalue weighted by molar-refractivity contribution is 6.02. The third-order valence-electron chi connectivity index (χ3n) is 4.60. The van der Waals surface area contributed by atoms with Crippen LogP contribution < -0.4 is 0 Å². The molecule has 26 heavy (non-hydrogen) atoms. The molecule has 144 valence electrons. The summed E-state index contributed by atoms with van der Waals surface area (Å²) in [4.78, 5) is 37.0. The summed E-state index contributed by atoms with van der Waals surface area (Å²) in [6, 6.07) is 0. The maximum absolute atomic E-state index is 12.7. The summed E-state index contributed by atoms with van der Waals surface area (Å²) in [5.74, 6) is -2.23. The molecule has 6 nitrogen and oxygen atoms in total. The summed E-state index contributed by atoms with van der Waals surface area (Å²) in [5, 5.41) is 9.51. The molecule has 3 unspecified atom stereocenters. The lowest BCUT2D eigenvalue weighted by Crippen LogP contribution is -2.49. The number of allylic oxidation sites excluding steroid dienone is 2. The number of hydrogen-bond acceptors (Lipinski definition) is 6. The molecular weight excluding hydrogens is 336 g/mol. The van der Waals surface area contributed by atoms with Crippen molar-refractivity contribution in [3.63, 3.8) is 0 Å². The molecule has 0 saturated carbocycles. The van der Waals surface area contributed by atoms with E-state index in [4.69, 9.17) is 9.47 Å². The molecule has 1 rings (SSSR count). The summed E-state index contributed by atoms with van der Waals surface area (Å²) in [6.45, 7) is 9.85. The lowest BCUT2D eigenvalue weighted by atomic mass is 9.77. The molecule has 0 bridgehead atoms. The van der Waals surface area contributed by atoms with E-state index in [1.54, 1.807) is 39.8 Å². The maximum Gasteiger partial charge on any atom is 0.334 e. The zero-order valence-electron chi connectivity index (χ0n) is 16.2. The minimum Gasteiger partial charge on any atom is -0.454 e. The van der Waals surface area contributed by atoms with Gasteiger partial charge in [-0.05, 0) is 39.7 Å². The van der Waals surface area contributed by atoms with Crippen molar-refractivity contribution in [1.82, 2.24) is 0 Å². The fourth-order valence-corrected chi connectivity index (χ4v) is 2.69. The predicted octanol–water partition coefficient (Wildman–Crippen LogP) is 2.52. The second-order valence-electron chi connectivity index (χ2n) is 6.67. The third kappa shape index (κ3) is 4.91. The number of esters is 2. The Morgan fingerprint density at radius 3 is 2.04 bits per heavy atom. The number of Topliss-reactive ketones (excluding diaryl/α,β-unsaturated/α-hetero) is 1. The Kier molecular flexibility index (Phi) is 7.96. The Hall–Kier alpha value is -2.21. The van der Waals surface area contributed by atoms with Gasteiger partial charge in [-0.25, -0.2) is 9.59 Å². The highest BCUT2D eigenvalue weighted by Gasteiger charge is 2.45. The minimum atomic E-state index is -1.12. The largest absolute Gasteiger partial charge is 0.454 e. The number of ketones is 1. The monoisotopic (exact) mass is 364 g/mol. The zero-order chi connectivity index (χ0) is 20.0. The highest BCUT2D eigenvalue weighted by Crippen LogP contribution is 2.33. The van der Waals surface area contributed by atoms with Gasteiger partial charge in [-0.3, -0.25) is 4.79 Å². The molecule has 0 amide bonds. The molecule has 1 aliphatic rings. The Morgan fingerprint density at radius 2 is 1.62 bits per heavy atom. The van der Waals surface area contributed by atoms with E-state index in [0.29, 0.717) is 11.1 Å². The first-order valence-electron chi connectivity index (χ1n) is 8.71. The van der Waals surface area contributed by atoms with Gasteiger partial charge in [0.2, 0.25) is 5.78 Å². The smallest absolute Gasteiger partial charge is 0.334 e. The van der Waals surface area contributed by atoms with Crippen LogP contribution in [-0.2, 0) is 23.9 Å². The molecule has 3 atom stereocenters. The molecule has 1 N–H and O–H groups in total. The summed E-state index contributed by atoms with van der Waals surface area (Å²) in [7, 11) is 0. The molecule has 0 heterocycles. The van der Waals surface area contributed by atoms with Crippen molar-refractivity contribution in [2.24, 2.45) is 11.8 Å². The molecule has 0 aromatic carbocycles. The Morgan fingerprint density at radius 1 is 1.12 bits per heavy atom. The van der Waals surface area contributed by atoms with Crippen molar-refractivity contribution in [2.45, 2.75) is 53.8 Å². The molecule has 0 saturated heterocycles. The van der Waals surface area contributed by atoms with E-state index >= 15 is 0 Å². The molecular formula is C20H28O6. The minimum absolute atomic E-state index is 0.0776. The van der Waals surface area contributed by atoms with Gasteiger partial charge in [-0.15, -0.1) is 0 Å². The number of hydrogen-bond donors (Lipinski definition) is 1.